The van der Waals surface area contributed by atoms with E-state index in [1.807, 2.05) is 23.1 Å². The van der Waals surface area contributed by atoms with Crippen molar-refractivity contribution in [2.24, 2.45) is 5.73 Å². The summed E-state index contributed by atoms with van der Waals surface area (Å²) in [5, 5.41) is 2.13. The minimum Gasteiger partial charge on any atom is -0.327 e. The third-order valence-corrected chi connectivity index (χ3v) is 3.89. The number of rotatable bonds is 6. The van der Waals surface area contributed by atoms with E-state index in [-0.39, 0.29) is 0 Å². The van der Waals surface area contributed by atoms with Crippen molar-refractivity contribution in [3.05, 3.63) is 22.4 Å². The van der Waals surface area contributed by atoms with E-state index in [4.69, 9.17) is 5.73 Å². The van der Waals surface area contributed by atoms with Gasteiger partial charge in [0.05, 0.1) is 0 Å². The van der Waals surface area contributed by atoms with Crippen molar-refractivity contribution in [3.63, 3.8) is 0 Å². The number of nitrogens with two attached hydrogens (primary N) is 1. The first-order valence-corrected chi connectivity index (χ1v) is 6.72. The lowest BCUT2D eigenvalue weighted by Crippen LogP contribution is -2.23. The number of thioether (sulfide) groups is 1. The van der Waals surface area contributed by atoms with Gasteiger partial charge in [0, 0.05) is 16.7 Å². The molecular weight excluding hydrogens is 198 g/mol. The fourth-order valence-electron chi connectivity index (χ4n) is 1.14. The second-order valence-electron chi connectivity index (χ2n) is 3.04. The molecule has 0 saturated carbocycles. The molecule has 1 rings (SSSR count). The van der Waals surface area contributed by atoms with Gasteiger partial charge >= 0.3 is 0 Å². The van der Waals surface area contributed by atoms with E-state index in [1.54, 1.807) is 0 Å². The van der Waals surface area contributed by atoms with Crippen LogP contribution < -0.4 is 5.73 Å². The van der Waals surface area contributed by atoms with Gasteiger partial charge in [-0.15, -0.1) is 11.3 Å². The second-order valence-corrected chi connectivity index (χ2v) is 5.39. The Balaban J connectivity index is 2.11. The van der Waals surface area contributed by atoms with Gasteiger partial charge in [-0.2, -0.15) is 11.8 Å². The highest BCUT2D eigenvalue weighted by atomic mass is 32.2. The maximum absolute atomic E-state index is 5.96. The summed E-state index contributed by atoms with van der Waals surface area (Å²) < 4.78 is 0. The summed E-state index contributed by atoms with van der Waals surface area (Å²) in [4.78, 5) is 1.46. The topological polar surface area (TPSA) is 26.0 Å². The highest BCUT2D eigenvalue weighted by Crippen LogP contribution is 2.13. The fraction of sp³-hybridized carbons (Fsp3) is 0.600. The van der Waals surface area contributed by atoms with Gasteiger partial charge in [-0.3, -0.25) is 0 Å². The molecule has 1 unspecified atom stereocenters. The predicted molar refractivity (Wildman–Crippen MR) is 63.6 cm³/mol. The van der Waals surface area contributed by atoms with E-state index < -0.39 is 0 Å². The molecule has 0 radical (unpaired) electrons. The summed E-state index contributed by atoms with van der Waals surface area (Å²) >= 11 is 3.76. The van der Waals surface area contributed by atoms with Crippen LogP contribution in [0.1, 0.15) is 18.2 Å². The zero-order chi connectivity index (χ0) is 9.52. The summed E-state index contributed by atoms with van der Waals surface area (Å²) in [5.74, 6) is 2.27. The highest BCUT2D eigenvalue weighted by molar-refractivity contribution is 7.99. The summed E-state index contributed by atoms with van der Waals surface area (Å²) in [6.07, 6.45) is 2.26. The number of aryl methyl sites for hydroxylation is 1. The van der Waals surface area contributed by atoms with Gasteiger partial charge in [0.25, 0.3) is 0 Å². The molecule has 1 aromatic rings. The lowest BCUT2D eigenvalue weighted by Gasteiger charge is -2.08. The van der Waals surface area contributed by atoms with Crippen molar-refractivity contribution in [2.75, 3.05) is 11.5 Å². The molecule has 0 aliphatic heterocycles. The summed E-state index contributed by atoms with van der Waals surface area (Å²) in [5.41, 5.74) is 5.96. The van der Waals surface area contributed by atoms with Crippen LogP contribution in [0.15, 0.2) is 17.5 Å². The first-order chi connectivity index (χ1) is 6.33. The van der Waals surface area contributed by atoms with Crippen molar-refractivity contribution >= 4 is 23.1 Å². The average Bonchev–Trinajstić information content (AvgIpc) is 2.64. The summed E-state index contributed by atoms with van der Waals surface area (Å²) in [7, 11) is 0. The minimum atomic E-state index is 0.368. The zero-order valence-electron chi connectivity index (χ0n) is 8.03. The quantitative estimate of drug-likeness (QED) is 0.789. The third-order valence-electron chi connectivity index (χ3n) is 1.88. The second kappa shape index (κ2) is 6.46. The van der Waals surface area contributed by atoms with Crippen molar-refractivity contribution in [2.45, 2.75) is 25.8 Å². The lowest BCUT2D eigenvalue weighted by atomic mass is 10.2. The Morgan fingerprint density at radius 1 is 1.62 bits per heavy atom. The molecule has 2 N–H and O–H groups in total. The molecular formula is C10H17NS2. The van der Waals surface area contributed by atoms with E-state index in [2.05, 4.69) is 24.4 Å². The van der Waals surface area contributed by atoms with E-state index in [0.717, 1.165) is 18.6 Å². The zero-order valence-corrected chi connectivity index (χ0v) is 9.66. The Kier molecular flexibility index (Phi) is 5.51. The fourth-order valence-corrected chi connectivity index (χ4v) is 2.56. The van der Waals surface area contributed by atoms with Crippen molar-refractivity contribution < 1.29 is 0 Å². The molecule has 13 heavy (non-hydrogen) atoms. The standard InChI is InChI=1S/C10H17NS2/c1-2-12-8-9(11)5-6-10-4-3-7-13-10/h3-4,7,9H,2,5-6,8,11H2,1H3. The molecule has 1 nitrogen and oxygen atoms in total. The first kappa shape index (κ1) is 11.1. The molecule has 0 aliphatic rings. The molecule has 1 atom stereocenters. The van der Waals surface area contributed by atoms with E-state index >= 15 is 0 Å². The van der Waals surface area contributed by atoms with E-state index in [0.29, 0.717) is 6.04 Å². The largest absolute Gasteiger partial charge is 0.327 e. The van der Waals surface area contributed by atoms with E-state index in [1.165, 1.54) is 10.6 Å². The van der Waals surface area contributed by atoms with Gasteiger partial charge in [0.2, 0.25) is 0 Å². The van der Waals surface area contributed by atoms with Gasteiger partial charge in [-0.05, 0) is 30.0 Å². The highest BCUT2D eigenvalue weighted by Gasteiger charge is 2.02. The molecule has 0 spiro atoms. The summed E-state index contributed by atoms with van der Waals surface area (Å²) in [6.45, 7) is 2.18. The van der Waals surface area contributed by atoms with Crippen molar-refractivity contribution in [1.82, 2.24) is 0 Å². The SMILES string of the molecule is CCSCC(N)CCc1cccs1. The Bertz CT molecular complexity index is 209. The van der Waals surface area contributed by atoms with Crippen LogP contribution >= 0.6 is 23.1 Å². The Morgan fingerprint density at radius 2 is 2.46 bits per heavy atom. The van der Waals surface area contributed by atoms with Gasteiger partial charge in [0.15, 0.2) is 0 Å². The van der Waals surface area contributed by atoms with Crippen LogP contribution in [0.2, 0.25) is 0 Å². The monoisotopic (exact) mass is 215 g/mol. The molecule has 74 valence electrons. The normalized spacial score (nSPS) is 13.1. The molecule has 0 saturated heterocycles. The number of hydrogen-bond acceptors (Lipinski definition) is 3. The van der Waals surface area contributed by atoms with Crippen LogP contribution in [-0.2, 0) is 6.42 Å². The van der Waals surface area contributed by atoms with Gasteiger partial charge in [-0.1, -0.05) is 13.0 Å². The van der Waals surface area contributed by atoms with Crippen LogP contribution in [-0.4, -0.2) is 17.5 Å². The van der Waals surface area contributed by atoms with Crippen LogP contribution in [0.3, 0.4) is 0 Å². The molecule has 1 aromatic heterocycles. The van der Waals surface area contributed by atoms with Crippen LogP contribution in [0, 0.1) is 0 Å². The molecule has 0 aromatic carbocycles. The first-order valence-electron chi connectivity index (χ1n) is 4.68. The Labute approximate surface area is 88.7 Å². The van der Waals surface area contributed by atoms with Gasteiger partial charge in [-0.25, -0.2) is 0 Å². The van der Waals surface area contributed by atoms with Crippen LogP contribution in [0.25, 0.3) is 0 Å². The van der Waals surface area contributed by atoms with E-state index in [9.17, 15) is 0 Å². The lowest BCUT2D eigenvalue weighted by molar-refractivity contribution is 0.679. The predicted octanol–water partition coefficient (Wildman–Crippen LogP) is 2.76. The molecule has 3 heteroatoms. The summed E-state index contributed by atoms with van der Waals surface area (Å²) in [6, 6.07) is 4.66. The third kappa shape index (κ3) is 4.69. The Hall–Kier alpha value is 0.01000. The average molecular weight is 215 g/mol. The number of thiophene rings is 1. The minimum absolute atomic E-state index is 0.368. The van der Waals surface area contributed by atoms with Crippen molar-refractivity contribution in [1.29, 1.82) is 0 Å². The maximum atomic E-state index is 5.96. The maximum Gasteiger partial charge on any atom is 0.0133 e. The molecule has 0 aliphatic carbocycles. The molecule has 1 heterocycles. The number of hydrogen-bond donors (Lipinski definition) is 1. The van der Waals surface area contributed by atoms with Gasteiger partial charge < -0.3 is 5.73 Å². The molecule has 0 bridgehead atoms. The van der Waals surface area contributed by atoms with Crippen LogP contribution in [0.5, 0.6) is 0 Å². The van der Waals surface area contributed by atoms with Crippen molar-refractivity contribution in [3.8, 4) is 0 Å². The van der Waals surface area contributed by atoms with Crippen LogP contribution in [0.4, 0.5) is 0 Å². The van der Waals surface area contributed by atoms with Gasteiger partial charge in [0.1, 0.15) is 0 Å². The smallest absolute Gasteiger partial charge is 0.0133 e. The Morgan fingerprint density at radius 3 is 3.08 bits per heavy atom. The molecule has 0 amide bonds. The molecule has 0 fully saturated rings.